The van der Waals surface area contributed by atoms with Crippen LogP contribution in [0.25, 0.3) is 0 Å². The van der Waals surface area contributed by atoms with Crippen LogP contribution in [0.2, 0.25) is 0 Å². The molecule has 0 aliphatic heterocycles. The summed E-state index contributed by atoms with van der Waals surface area (Å²) in [5.74, 6) is 1.80. The van der Waals surface area contributed by atoms with E-state index >= 15 is 0 Å². The average Bonchev–Trinajstić information content (AvgIpc) is 2.17. The maximum Gasteiger partial charge on any atom is 0.236 e. The van der Waals surface area contributed by atoms with Gasteiger partial charge in [0.1, 0.15) is 0 Å². The molecule has 0 aliphatic rings. The summed E-state index contributed by atoms with van der Waals surface area (Å²) in [7, 11) is 0. The van der Waals surface area contributed by atoms with Crippen molar-refractivity contribution in [3.63, 3.8) is 0 Å². The number of nitrogens with one attached hydrogen (secondary N) is 1. The van der Waals surface area contributed by atoms with E-state index in [-0.39, 0.29) is 11.9 Å². The largest absolute Gasteiger partial charge is 0.354 e. The van der Waals surface area contributed by atoms with E-state index in [0.717, 1.165) is 24.3 Å². The van der Waals surface area contributed by atoms with Crippen LogP contribution in [-0.2, 0) is 4.79 Å². The summed E-state index contributed by atoms with van der Waals surface area (Å²) in [5.41, 5.74) is 5.63. The van der Waals surface area contributed by atoms with Gasteiger partial charge in [0.05, 0.1) is 6.04 Å². The van der Waals surface area contributed by atoms with Gasteiger partial charge >= 0.3 is 0 Å². The molecular weight excluding hydrogens is 196 g/mol. The van der Waals surface area contributed by atoms with Crippen LogP contribution < -0.4 is 11.1 Å². The van der Waals surface area contributed by atoms with Crippen LogP contribution in [-0.4, -0.2) is 30.0 Å². The first-order valence-corrected chi connectivity index (χ1v) is 6.09. The number of carbonyl (C=O) groups is 1. The van der Waals surface area contributed by atoms with Gasteiger partial charge in [-0.15, -0.1) is 6.58 Å². The molecule has 0 spiro atoms. The fourth-order valence-electron chi connectivity index (χ4n) is 0.986. The lowest BCUT2D eigenvalue weighted by Crippen LogP contribution is -2.41. The molecule has 0 aromatic heterocycles. The Hall–Kier alpha value is -0.480. The van der Waals surface area contributed by atoms with Gasteiger partial charge in [-0.3, -0.25) is 4.79 Å². The molecule has 0 saturated carbocycles. The molecule has 0 unspecified atom stereocenters. The number of nitrogens with two attached hydrogens (primary N) is 1. The Morgan fingerprint density at radius 1 is 1.71 bits per heavy atom. The van der Waals surface area contributed by atoms with Gasteiger partial charge in [0.2, 0.25) is 5.91 Å². The molecule has 3 N–H and O–H groups in total. The van der Waals surface area contributed by atoms with E-state index in [2.05, 4.69) is 11.9 Å². The Balaban J connectivity index is 3.38. The summed E-state index contributed by atoms with van der Waals surface area (Å²) in [5, 5.41) is 2.81. The molecule has 4 heteroatoms. The molecule has 0 saturated heterocycles. The fourth-order valence-corrected chi connectivity index (χ4v) is 1.57. The van der Waals surface area contributed by atoms with Gasteiger partial charge in [-0.1, -0.05) is 19.4 Å². The quantitative estimate of drug-likeness (QED) is 0.473. The van der Waals surface area contributed by atoms with E-state index in [4.69, 9.17) is 5.73 Å². The maximum absolute atomic E-state index is 11.3. The maximum atomic E-state index is 11.3. The van der Waals surface area contributed by atoms with Crippen molar-refractivity contribution in [3.05, 3.63) is 12.7 Å². The highest BCUT2D eigenvalue weighted by Gasteiger charge is 2.10. The van der Waals surface area contributed by atoms with Crippen molar-refractivity contribution >= 4 is 17.7 Å². The van der Waals surface area contributed by atoms with Crippen LogP contribution in [0.1, 0.15) is 19.8 Å². The average molecular weight is 216 g/mol. The molecule has 0 aromatic rings. The standard InChI is InChI=1S/C10H20N2OS/c1-3-5-9(11)10(13)12-6-8-14-7-4-2/h4,9H,2-3,5-8,11H2,1H3,(H,12,13)/t9-/m0/s1. The normalized spacial score (nSPS) is 12.1. The molecule has 1 atom stereocenters. The van der Waals surface area contributed by atoms with Crippen molar-refractivity contribution in [2.75, 3.05) is 18.1 Å². The van der Waals surface area contributed by atoms with Gasteiger partial charge in [0.25, 0.3) is 0 Å². The zero-order valence-corrected chi connectivity index (χ0v) is 9.61. The van der Waals surface area contributed by atoms with Crippen LogP contribution in [0.3, 0.4) is 0 Å². The van der Waals surface area contributed by atoms with Crippen molar-refractivity contribution in [2.45, 2.75) is 25.8 Å². The molecular formula is C10H20N2OS. The van der Waals surface area contributed by atoms with E-state index in [1.165, 1.54) is 0 Å². The predicted octanol–water partition coefficient (Wildman–Crippen LogP) is 1.15. The lowest BCUT2D eigenvalue weighted by atomic mass is 10.2. The molecule has 0 fully saturated rings. The number of thioether (sulfide) groups is 1. The van der Waals surface area contributed by atoms with Gasteiger partial charge in [-0.05, 0) is 6.42 Å². The molecule has 14 heavy (non-hydrogen) atoms. The molecule has 82 valence electrons. The topological polar surface area (TPSA) is 55.1 Å². The highest BCUT2D eigenvalue weighted by molar-refractivity contribution is 7.99. The second kappa shape index (κ2) is 9.09. The summed E-state index contributed by atoms with van der Waals surface area (Å²) in [6.45, 7) is 6.33. The van der Waals surface area contributed by atoms with E-state index in [9.17, 15) is 4.79 Å². The summed E-state index contributed by atoms with van der Waals surface area (Å²) >= 11 is 1.75. The van der Waals surface area contributed by atoms with Gasteiger partial charge < -0.3 is 11.1 Å². The third-order valence-corrected chi connectivity index (χ3v) is 2.68. The van der Waals surface area contributed by atoms with Crippen LogP contribution in [0.15, 0.2) is 12.7 Å². The fraction of sp³-hybridized carbons (Fsp3) is 0.700. The van der Waals surface area contributed by atoms with Crippen molar-refractivity contribution in [1.82, 2.24) is 5.32 Å². The molecule has 0 aliphatic carbocycles. The zero-order valence-electron chi connectivity index (χ0n) is 8.79. The van der Waals surface area contributed by atoms with E-state index in [0.29, 0.717) is 6.54 Å². The Morgan fingerprint density at radius 2 is 2.43 bits per heavy atom. The SMILES string of the molecule is C=CCSCCNC(=O)[C@@H](N)CCC. The molecule has 0 radical (unpaired) electrons. The first-order chi connectivity index (χ1) is 6.72. The van der Waals surface area contributed by atoms with Gasteiger partial charge in [0, 0.05) is 18.1 Å². The second-order valence-corrected chi connectivity index (χ2v) is 4.20. The third-order valence-electron chi connectivity index (χ3n) is 1.72. The molecule has 0 rings (SSSR count). The van der Waals surface area contributed by atoms with Crippen molar-refractivity contribution in [3.8, 4) is 0 Å². The minimum absolute atomic E-state index is 0.0361. The number of hydrogen-bond acceptors (Lipinski definition) is 3. The lowest BCUT2D eigenvalue weighted by Gasteiger charge is -2.10. The van der Waals surface area contributed by atoms with Crippen LogP contribution in [0.5, 0.6) is 0 Å². The Morgan fingerprint density at radius 3 is 3.00 bits per heavy atom. The van der Waals surface area contributed by atoms with Crippen LogP contribution in [0.4, 0.5) is 0 Å². The Labute approximate surface area is 90.5 Å². The summed E-state index contributed by atoms with van der Waals surface area (Å²) in [6, 6.07) is -0.343. The summed E-state index contributed by atoms with van der Waals surface area (Å²) < 4.78 is 0. The van der Waals surface area contributed by atoms with E-state index < -0.39 is 0 Å². The molecule has 3 nitrogen and oxygen atoms in total. The highest BCUT2D eigenvalue weighted by Crippen LogP contribution is 1.98. The third kappa shape index (κ3) is 6.97. The highest BCUT2D eigenvalue weighted by atomic mass is 32.2. The van der Waals surface area contributed by atoms with Crippen molar-refractivity contribution in [1.29, 1.82) is 0 Å². The van der Waals surface area contributed by atoms with Crippen molar-refractivity contribution in [2.24, 2.45) is 5.73 Å². The minimum atomic E-state index is -0.343. The molecule has 1 amide bonds. The predicted molar refractivity (Wildman–Crippen MR) is 63.4 cm³/mol. The van der Waals surface area contributed by atoms with Gasteiger partial charge in [0.15, 0.2) is 0 Å². The number of hydrogen-bond donors (Lipinski definition) is 2. The molecule has 0 heterocycles. The van der Waals surface area contributed by atoms with Gasteiger partial charge in [-0.2, -0.15) is 11.8 Å². The Kier molecular flexibility index (Phi) is 8.78. The second-order valence-electron chi connectivity index (χ2n) is 3.05. The summed E-state index contributed by atoms with van der Waals surface area (Å²) in [6.07, 6.45) is 3.56. The molecule has 0 bridgehead atoms. The Bertz CT molecular complexity index is 174. The number of carbonyl (C=O) groups excluding carboxylic acids is 1. The number of rotatable bonds is 8. The smallest absolute Gasteiger partial charge is 0.236 e. The van der Waals surface area contributed by atoms with Gasteiger partial charge in [-0.25, -0.2) is 0 Å². The van der Waals surface area contributed by atoms with Crippen molar-refractivity contribution < 1.29 is 4.79 Å². The van der Waals surface area contributed by atoms with E-state index in [1.54, 1.807) is 11.8 Å². The lowest BCUT2D eigenvalue weighted by molar-refractivity contribution is -0.122. The first-order valence-electron chi connectivity index (χ1n) is 4.94. The minimum Gasteiger partial charge on any atom is -0.354 e. The number of amides is 1. The molecule has 0 aromatic carbocycles. The van der Waals surface area contributed by atoms with Crippen LogP contribution in [0, 0.1) is 0 Å². The monoisotopic (exact) mass is 216 g/mol. The first kappa shape index (κ1) is 13.5. The zero-order chi connectivity index (χ0) is 10.8. The van der Waals surface area contributed by atoms with E-state index in [1.807, 2.05) is 13.0 Å². The van der Waals surface area contributed by atoms with Crippen LogP contribution >= 0.6 is 11.8 Å². The summed E-state index contributed by atoms with van der Waals surface area (Å²) in [4.78, 5) is 11.3.